The molecular weight excluding hydrogens is 390 g/mol. The minimum absolute atomic E-state index is 0.00364. The van der Waals surface area contributed by atoms with Gasteiger partial charge in [0.1, 0.15) is 0 Å². The molecule has 6 nitrogen and oxygen atoms in total. The number of anilines is 1. The Morgan fingerprint density at radius 1 is 1.19 bits per heavy atom. The largest absolute Gasteiger partial charge is 0.378 e. The molecule has 0 radical (unpaired) electrons. The van der Waals surface area contributed by atoms with Crippen LogP contribution in [-0.4, -0.2) is 28.3 Å². The normalized spacial score (nSPS) is 26.7. The van der Waals surface area contributed by atoms with E-state index in [1.165, 1.54) is 12.5 Å². The number of nitro groups is 1. The SMILES string of the molecule is C[C@@H]1CCCCN1C(=O)c1ccc2c(c1)[C@H]1C=CC[C@@H]1[C@@H](c1cccc([N+](=O)[O-])c1)N2. The second-order valence-electron chi connectivity index (χ2n) is 8.97. The predicted octanol–water partition coefficient (Wildman–Crippen LogP) is 5.44. The summed E-state index contributed by atoms with van der Waals surface area (Å²) in [6.45, 7) is 2.96. The number of hydrogen-bond donors (Lipinski definition) is 1. The fourth-order valence-electron chi connectivity index (χ4n) is 5.45. The van der Waals surface area contributed by atoms with Crippen molar-refractivity contribution in [2.75, 3.05) is 11.9 Å². The number of non-ortho nitro benzene ring substituents is 1. The van der Waals surface area contributed by atoms with Crippen molar-refractivity contribution < 1.29 is 9.72 Å². The van der Waals surface area contributed by atoms with Crippen molar-refractivity contribution in [1.29, 1.82) is 0 Å². The molecule has 1 aliphatic carbocycles. The number of nitrogens with zero attached hydrogens (tertiary/aromatic N) is 2. The van der Waals surface area contributed by atoms with Crippen LogP contribution in [0.5, 0.6) is 0 Å². The van der Waals surface area contributed by atoms with E-state index in [-0.39, 0.29) is 40.4 Å². The molecule has 0 saturated carbocycles. The first-order chi connectivity index (χ1) is 15.0. The third kappa shape index (κ3) is 3.50. The zero-order valence-corrected chi connectivity index (χ0v) is 17.7. The highest BCUT2D eigenvalue weighted by Gasteiger charge is 2.38. The Kier molecular flexibility index (Phi) is 5.00. The molecule has 1 N–H and O–H groups in total. The lowest BCUT2D eigenvalue weighted by Gasteiger charge is -2.38. The summed E-state index contributed by atoms with van der Waals surface area (Å²) in [7, 11) is 0. The maximum atomic E-state index is 13.2. The average molecular weight is 418 g/mol. The van der Waals surface area contributed by atoms with E-state index in [1.54, 1.807) is 12.1 Å². The van der Waals surface area contributed by atoms with Crippen molar-refractivity contribution in [3.8, 4) is 0 Å². The number of hydrogen-bond acceptors (Lipinski definition) is 4. The number of carbonyl (C=O) groups is 1. The minimum atomic E-state index is -0.343. The Bertz CT molecular complexity index is 1060. The van der Waals surface area contributed by atoms with E-state index in [2.05, 4.69) is 30.5 Å². The molecule has 0 bridgehead atoms. The van der Waals surface area contributed by atoms with Crippen LogP contribution in [0.3, 0.4) is 0 Å². The number of nitro benzene ring substituents is 1. The lowest BCUT2D eigenvalue weighted by molar-refractivity contribution is -0.384. The van der Waals surface area contributed by atoms with Gasteiger partial charge in [0.25, 0.3) is 11.6 Å². The zero-order chi connectivity index (χ0) is 21.5. The average Bonchev–Trinajstić information content (AvgIpc) is 3.28. The molecule has 2 aromatic rings. The standard InChI is InChI=1S/C25H27N3O3/c1-16-6-2-3-13-27(16)25(29)18-11-12-23-22(15-18)20-9-5-10-21(20)24(26-23)17-7-4-8-19(14-17)28(30)31/h4-5,7-9,11-12,14-16,20-21,24,26H,2-3,6,10,13H2,1H3/t16-,20+,21+,24-/m1/s1. The number of nitrogens with one attached hydrogen (secondary N) is 1. The highest BCUT2D eigenvalue weighted by atomic mass is 16.6. The Balaban J connectivity index is 1.47. The third-order valence-corrected chi connectivity index (χ3v) is 7.11. The van der Waals surface area contributed by atoms with Crippen molar-refractivity contribution >= 4 is 17.3 Å². The van der Waals surface area contributed by atoms with Gasteiger partial charge in [0.05, 0.1) is 11.0 Å². The minimum Gasteiger partial charge on any atom is -0.378 e. The Morgan fingerprint density at radius 2 is 2.06 bits per heavy atom. The molecule has 1 fully saturated rings. The Hall–Kier alpha value is -3.15. The van der Waals surface area contributed by atoms with Gasteiger partial charge in [-0.2, -0.15) is 0 Å². The maximum absolute atomic E-state index is 13.2. The molecule has 2 heterocycles. The molecule has 2 aliphatic heterocycles. The second kappa shape index (κ2) is 7.84. The number of allylic oxidation sites excluding steroid dienone is 2. The maximum Gasteiger partial charge on any atom is 0.269 e. The van der Waals surface area contributed by atoms with Gasteiger partial charge >= 0.3 is 0 Å². The first-order valence-electron chi connectivity index (χ1n) is 11.2. The summed E-state index contributed by atoms with van der Waals surface area (Å²) < 4.78 is 0. The van der Waals surface area contributed by atoms with Crippen molar-refractivity contribution in [1.82, 2.24) is 4.90 Å². The summed E-state index contributed by atoms with van der Waals surface area (Å²) in [5.74, 6) is 0.593. The molecule has 1 saturated heterocycles. The van der Waals surface area contributed by atoms with Gasteiger partial charge in [0, 0.05) is 41.9 Å². The van der Waals surface area contributed by atoms with Gasteiger partial charge in [0.15, 0.2) is 0 Å². The highest BCUT2D eigenvalue weighted by molar-refractivity contribution is 5.95. The first-order valence-corrected chi connectivity index (χ1v) is 11.2. The summed E-state index contributed by atoms with van der Waals surface area (Å²) >= 11 is 0. The summed E-state index contributed by atoms with van der Waals surface area (Å²) in [6, 6.07) is 13.2. The van der Waals surface area contributed by atoms with Crippen molar-refractivity contribution in [2.24, 2.45) is 5.92 Å². The molecule has 4 atom stereocenters. The van der Waals surface area contributed by atoms with Crippen LogP contribution in [0.4, 0.5) is 11.4 Å². The van der Waals surface area contributed by atoms with E-state index in [4.69, 9.17) is 0 Å². The summed E-state index contributed by atoms with van der Waals surface area (Å²) in [5.41, 5.74) is 3.95. The van der Waals surface area contributed by atoms with Gasteiger partial charge in [-0.3, -0.25) is 14.9 Å². The fraction of sp³-hybridized carbons (Fsp3) is 0.400. The molecule has 3 aliphatic rings. The number of benzene rings is 2. The van der Waals surface area contributed by atoms with E-state index in [9.17, 15) is 14.9 Å². The third-order valence-electron chi connectivity index (χ3n) is 7.11. The van der Waals surface area contributed by atoms with Crippen LogP contribution in [0.1, 0.15) is 66.1 Å². The number of likely N-dealkylation sites (tertiary alicyclic amines) is 1. The quantitative estimate of drug-likeness (QED) is 0.410. The Labute approximate surface area is 182 Å². The Morgan fingerprint density at radius 3 is 2.87 bits per heavy atom. The van der Waals surface area contributed by atoms with E-state index in [1.807, 2.05) is 23.1 Å². The van der Waals surface area contributed by atoms with E-state index in [0.29, 0.717) is 0 Å². The van der Waals surface area contributed by atoms with Gasteiger partial charge < -0.3 is 10.2 Å². The molecule has 160 valence electrons. The number of amides is 1. The van der Waals surface area contributed by atoms with Crippen LogP contribution in [0, 0.1) is 16.0 Å². The predicted molar refractivity (Wildman–Crippen MR) is 120 cm³/mol. The van der Waals surface area contributed by atoms with Gasteiger partial charge in [-0.1, -0.05) is 24.3 Å². The van der Waals surface area contributed by atoms with E-state index in [0.717, 1.165) is 48.2 Å². The topological polar surface area (TPSA) is 75.5 Å². The van der Waals surface area contributed by atoms with Crippen molar-refractivity contribution in [3.05, 3.63) is 81.4 Å². The zero-order valence-electron chi connectivity index (χ0n) is 17.7. The lowest BCUT2D eigenvalue weighted by atomic mass is 9.76. The number of fused-ring (bicyclic) bond motifs is 3. The van der Waals surface area contributed by atoms with E-state index >= 15 is 0 Å². The number of rotatable bonds is 3. The number of piperidine rings is 1. The van der Waals surface area contributed by atoms with Crippen LogP contribution in [0.15, 0.2) is 54.6 Å². The van der Waals surface area contributed by atoms with Crippen molar-refractivity contribution in [3.63, 3.8) is 0 Å². The molecule has 5 rings (SSSR count). The van der Waals surface area contributed by atoms with Gasteiger partial charge in [-0.05, 0) is 67.9 Å². The van der Waals surface area contributed by atoms with Crippen LogP contribution < -0.4 is 5.32 Å². The molecule has 6 heteroatoms. The fourth-order valence-corrected chi connectivity index (χ4v) is 5.45. The molecular formula is C25H27N3O3. The van der Waals surface area contributed by atoms with Gasteiger partial charge in [-0.25, -0.2) is 0 Å². The highest BCUT2D eigenvalue weighted by Crippen LogP contribution is 2.50. The molecule has 1 amide bonds. The first kappa shape index (κ1) is 19.8. The molecule has 31 heavy (non-hydrogen) atoms. The molecule has 0 spiro atoms. The monoisotopic (exact) mass is 417 g/mol. The van der Waals surface area contributed by atoms with Gasteiger partial charge in [-0.15, -0.1) is 0 Å². The summed E-state index contributed by atoms with van der Waals surface area (Å²) in [5, 5.41) is 14.9. The summed E-state index contributed by atoms with van der Waals surface area (Å²) in [4.78, 5) is 26.1. The molecule has 0 aromatic heterocycles. The van der Waals surface area contributed by atoms with Crippen molar-refractivity contribution in [2.45, 2.75) is 50.6 Å². The van der Waals surface area contributed by atoms with Crippen LogP contribution in [-0.2, 0) is 0 Å². The molecule has 2 aromatic carbocycles. The van der Waals surface area contributed by atoms with Crippen LogP contribution in [0.25, 0.3) is 0 Å². The second-order valence-corrected chi connectivity index (χ2v) is 8.97. The van der Waals surface area contributed by atoms with E-state index < -0.39 is 0 Å². The smallest absolute Gasteiger partial charge is 0.269 e. The molecule has 0 unspecified atom stereocenters. The number of carbonyl (C=O) groups excluding carboxylic acids is 1. The van der Waals surface area contributed by atoms with Crippen LogP contribution in [0.2, 0.25) is 0 Å². The lowest BCUT2D eigenvalue weighted by Crippen LogP contribution is -2.42. The van der Waals surface area contributed by atoms with Gasteiger partial charge in [0.2, 0.25) is 0 Å². The summed E-state index contributed by atoms with van der Waals surface area (Å²) in [6.07, 6.45) is 8.65. The van der Waals surface area contributed by atoms with Crippen LogP contribution >= 0.6 is 0 Å².